The Balaban J connectivity index is 0.00000312. The van der Waals surface area contributed by atoms with Gasteiger partial charge in [0.1, 0.15) is 11.4 Å². The van der Waals surface area contributed by atoms with E-state index in [2.05, 4.69) is 10.6 Å². The van der Waals surface area contributed by atoms with Crippen molar-refractivity contribution in [3.8, 4) is 5.75 Å². The molecule has 0 unspecified atom stereocenters. The van der Waals surface area contributed by atoms with E-state index in [0.29, 0.717) is 24.3 Å². The Morgan fingerprint density at radius 3 is 2.32 bits per heavy atom. The molecule has 1 aliphatic heterocycles. The zero-order valence-corrected chi connectivity index (χ0v) is 15.6. The van der Waals surface area contributed by atoms with Gasteiger partial charge in [0, 0.05) is 26.9 Å². The number of carbonyl (C=O) groups excluding carboxylic acids is 2. The highest BCUT2D eigenvalue weighted by molar-refractivity contribution is 5.97. The van der Waals surface area contributed by atoms with Gasteiger partial charge in [-0.15, -0.1) is 12.4 Å². The van der Waals surface area contributed by atoms with Gasteiger partial charge in [-0.05, 0) is 50.2 Å². The Bertz CT molecular complexity index is 572. The molecule has 1 heterocycles. The lowest BCUT2D eigenvalue weighted by atomic mass is 9.91. The summed E-state index contributed by atoms with van der Waals surface area (Å²) in [6.07, 6.45) is 1.28. The van der Waals surface area contributed by atoms with Crippen LogP contribution in [-0.4, -0.2) is 63.2 Å². The average Bonchev–Trinajstić information content (AvgIpc) is 2.61. The van der Waals surface area contributed by atoms with Crippen LogP contribution in [0.25, 0.3) is 0 Å². The van der Waals surface area contributed by atoms with Gasteiger partial charge >= 0.3 is 0 Å². The number of piperidine rings is 1. The number of nitrogens with one attached hydrogen (secondary N) is 2. The minimum absolute atomic E-state index is 0. The molecule has 0 saturated carbocycles. The van der Waals surface area contributed by atoms with E-state index in [1.807, 2.05) is 0 Å². The molecule has 7 nitrogen and oxygen atoms in total. The first kappa shape index (κ1) is 21.2. The first-order valence-electron chi connectivity index (χ1n) is 7.97. The second-order valence-electron chi connectivity index (χ2n) is 6.00. The maximum absolute atomic E-state index is 12.6. The summed E-state index contributed by atoms with van der Waals surface area (Å²) in [5.74, 6) is 0.329. The van der Waals surface area contributed by atoms with Crippen molar-refractivity contribution < 1.29 is 19.1 Å². The maximum atomic E-state index is 12.6. The zero-order chi connectivity index (χ0) is 17.6. The number of rotatable bonds is 6. The lowest BCUT2D eigenvalue weighted by molar-refractivity contribution is -0.140. The summed E-state index contributed by atoms with van der Waals surface area (Å²) in [6.45, 7) is 1.50. The van der Waals surface area contributed by atoms with Crippen LogP contribution in [0.5, 0.6) is 5.75 Å². The number of ether oxygens (including phenoxy) is 2. The normalized spacial score (nSPS) is 15.6. The molecule has 2 rings (SSSR count). The van der Waals surface area contributed by atoms with Crippen LogP contribution in [-0.2, 0) is 14.3 Å². The number of benzene rings is 1. The SMILES string of the molecule is COC1(C(=O)Nc2ccc(OCC(=O)N(C)C)cc2)CCNCC1.Cl. The van der Waals surface area contributed by atoms with E-state index in [9.17, 15) is 9.59 Å². The fraction of sp³-hybridized carbons (Fsp3) is 0.529. The molecule has 2 amide bonds. The van der Waals surface area contributed by atoms with Crippen molar-refractivity contribution in [3.63, 3.8) is 0 Å². The zero-order valence-electron chi connectivity index (χ0n) is 14.8. The summed E-state index contributed by atoms with van der Waals surface area (Å²) >= 11 is 0. The molecule has 0 aromatic heterocycles. The van der Waals surface area contributed by atoms with Gasteiger partial charge in [-0.25, -0.2) is 0 Å². The minimum Gasteiger partial charge on any atom is -0.484 e. The molecule has 1 aromatic carbocycles. The molecule has 0 radical (unpaired) electrons. The summed E-state index contributed by atoms with van der Waals surface area (Å²) < 4.78 is 10.9. The third kappa shape index (κ3) is 5.59. The minimum atomic E-state index is -0.779. The van der Waals surface area contributed by atoms with Crippen molar-refractivity contribution in [2.75, 3.05) is 46.2 Å². The number of amides is 2. The third-order valence-corrected chi connectivity index (χ3v) is 4.19. The van der Waals surface area contributed by atoms with Crippen LogP contribution < -0.4 is 15.4 Å². The number of hydrogen-bond acceptors (Lipinski definition) is 5. The molecule has 8 heteroatoms. The van der Waals surface area contributed by atoms with Crippen molar-refractivity contribution in [1.29, 1.82) is 0 Å². The quantitative estimate of drug-likeness (QED) is 0.787. The van der Waals surface area contributed by atoms with Crippen LogP contribution in [0.15, 0.2) is 24.3 Å². The maximum Gasteiger partial charge on any atom is 0.259 e. The van der Waals surface area contributed by atoms with Gasteiger partial charge in [-0.2, -0.15) is 0 Å². The lowest BCUT2D eigenvalue weighted by Crippen LogP contribution is -2.51. The molecule has 1 saturated heterocycles. The molecule has 1 aromatic rings. The summed E-state index contributed by atoms with van der Waals surface area (Å²) in [4.78, 5) is 25.5. The molecular formula is C17H26ClN3O4. The Kier molecular flexibility index (Phi) is 8.15. The van der Waals surface area contributed by atoms with E-state index in [-0.39, 0.29) is 30.8 Å². The van der Waals surface area contributed by atoms with E-state index in [1.54, 1.807) is 45.5 Å². The third-order valence-electron chi connectivity index (χ3n) is 4.19. The topological polar surface area (TPSA) is 79.9 Å². The molecule has 1 aliphatic rings. The molecule has 0 bridgehead atoms. The summed E-state index contributed by atoms with van der Waals surface area (Å²) in [7, 11) is 4.93. The number of likely N-dealkylation sites (N-methyl/N-ethyl adjacent to an activating group) is 1. The second kappa shape index (κ2) is 9.60. The molecule has 0 spiro atoms. The van der Waals surface area contributed by atoms with Crippen LogP contribution in [0, 0.1) is 0 Å². The van der Waals surface area contributed by atoms with Crippen molar-refractivity contribution in [2.45, 2.75) is 18.4 Å². The van der Waals surface area contributed by atoms with Gasteiger partial charge in [-0.3, -0.25) is 9.59 Å². The molecule has 2 N–H and O–H groups in total. The smallest absolute Gasteiger partial charge is 0.259 e. The Labute approximate surface area is 154 Å². The van der Waals surface area contributed by atoms with Gasteiger partial charge in [0.15, 0.2) is 6.61 Å². The molecule has 1 fully saturated rings. The molecular weight excluding hydrogens is 346 g/mol. The van der Waals surface area contributed by atoms with Crippen LogP contribution in [0.1, 0.15) is 12.8 Å². The van der Waals surface area contributed by atoms with Crippen LogP contribution in [0.3, 0.4) is 0 Å². The first-order valence-corrected chi connectivity index (χ1v) is 7.97. The number of methoxy groups -OCH3 is 1. The second-order valence-corrected chi connectivity index (χ2v) is 6.00. The standard InChI is InChI=1S/C17H25N3O4.ClH/c1-20(2)15(21)12-24-14-6-4-13(5-7-14)19-16(22)17(23-3)8-10-18-11-9-17;/h4-7,18H,8-12H2,1-3H3,(H,19,22);1H. The lowest BCUT2D eigenvalue weighted by Gasteiger charge is -2.34. The molecule has 140 valence electrons. The van der Waals surface area contributed by atoms with E-state index in [1.165, 1.54) is 4.90 Å². The van der Waals surface area contributed by atoms with Gasteiger partial charge in [-0.1, -0.05) is 0 Å². The summed E-state index contributed by atoms with van der Waals surface area (Å²) in [6, 6.07) is 6.94. The fourth-order valence-corrected chi connectivity index (χ4v) is 2.51. The number of nitrogens with zero attached hydrogens (tertiary/aromatic N) is 1. The van der Waals surface area contributed by atoms with Crippen molar-refractivity contribution in [3.05, 3.63) is 24.3 Å². The van der Waals surface area contributed by atoms with E-state index < -0.39 is 5.60 Å². The van der Waals surface area contributed by atoms with Crippen LogP contribution in [0.4, 0.5) is 5.69 Å². The number of hydrogen-bond donors (Lipinski definition) is 2. The summed E-state index contributed by atoms with van der Waals surface area (Å²) in [5.41, 5.74) is -0.111. The van der Waals surface area contributed by atoms with Crippen LogP contribution in [0.2, 0.25) is 0 Å². The predicted molar refractivity (Wildman–Crippen MR) is 98.4 cm³/mol. The van der Waals surface area contributed by atoms with E-state index >= 15 is 0 Å². The predicted octanol–water partition coefficient (Wildman–Crippen LogP) is 1.28. The largest absolute Gasteiger partial charge is 0.484 e. The Hall–Kier alpha value is -1.83. The first-order chi connectivity index (χ1) is 11.5. The molecule has 25 heavy (non-hydrogen) atoms. The van der Waals surface area contributed by atoms with E-state index in [4.69, 9.17) is 9.47 Å². The highest BCUT2D eigenvalue weighted by atomic mass is 35.5. The van der Waals surface area contributed by atoms with Gasteiger partial charge < -0.3 is 25.0 Å². The van der Waals surface area contributed by atoms with Gasteiger partial charge in [0.2, 0.25) is 0 Å². The van der Waals surface area contributed by atoms with Gasteiger partial charge in [0.25, 0.3) is 11.8 Å². The Morgan fingerprint density at radius 2 is 1.80 bits per heavy atom. The number of halogens is 1. The monoisotopic (exact) mass is 371 g/mol. The van der Waals surface area contributed by atoms with Crippen molar-refractivity contribution in [2.24, 2.45) is 0 Å². The molecule has 0 atom stereocenters. The highest BCUT2D eigenvalue weighted by Crippen LogP contribution is 2.25. The molecule has 0 aliphatic carbocycles. The van der Waals surface area contributed by atoms with E-state index in [0.717, 1.165) is 13.1 Å². The average molecular weight is 372 g/mol. The van der Waals surface area contributed by atoms with Crippen molar-refractivity contribution in [1.82, 2.24) is 10.2 Å². The summed E-state index contributed by atoms with van der Waals surface area (Å²) in [5, 5.41) is 6.11. The number of carbonyl (C=O) groups is 2. The van der Waals surface area contributed by atoms with Crippen LogP contribution >= 0.6 is 12.4 Å². The van der Waals surface area contributed by atoms with Gasteiger partial charge in [0.05, 0.1) is 0 Å². The highest BCUT2D eigenvalue weighted by Gasteiger charge is 2.39. The fourth-order valence-electron chi connectivity index (χ4n) is 2.51. The van der Waals surface area contributed by atoms with Crippen molar-refractivity contribution >= 4 is 29.9 Å². The Morgan fingerprint density at radius 1 is 1.20 bits per heavy atom. The number of anilines is 1.